The number of nitrogens with one attached hydrogen (secondary N) is 1. The summed E-state index contributed by atoms with van der Waals surface area (Å²) in [5.41, 5.74) is -0.0354. The molecule has 0 spiro atoms. The van der Waals surface area contributed by atoms with Crippen LogP contribution in [0.4, 0.5) is 4.79 Å². The highest BCUT2D eigenvalue weighted by molar-refractivity contribution is 5.83. The van der Waals surface area contributed by atoms with Gasteiger partial charge in [0, 0.05) is 6.54 Å². The molecule has 1 amide bonds. The third kappa shape index (κ3) is 5.16. The van der Waals surface area contributed by atoms with E-state index in [1.165, 1.54) is 0 Å². The molecule has 2 bridgehead atoms. The second kappa shape index (κ2) is 8.39. The summed E-state index contributed by atoms with van der Waals surface area (Å²) in [7, 11) is 1.58. The van der Waals surface area contributed by atoms with Crippen LogP contribution in [0.2, 0.25) is 0 Å². The lowest BCUT2D eigenvalue weighted by molar-refractivity contribution is -0.161. The molecule has 2 atom stereocenters. The average molecular weight is 390 g/mol. The van der Waals surface area contributed by atoms with Crippen LogP contribution in [-0.4, -0.2) is 55.4 Å². The quantitative estimate of drug-likeness (QED) is 0.779. The molecule has 3 aliphatic heterocycles. The molecule has 3 saturated heterocycles. The van der Waals surface area contributed by atoms with Gasteiger partial charge in [0.15, 0.2) is 6.04 Å². The van der Waals surface area contributed by atoms with Crippen LogP contribution in [0.1, 0.15) is 45.2 Å². The molecule has 154 valence electrons. The third-order valence-electron chi connectivity index (χ3n) is 5.21. The van der Waals surface area contributed by atoms with Crippen LogP contribution in [0.3, 0.4) is 0 Å². The molecule has 0 radical (unpaired) electrons. The van der Waals surface area contributed by atoms with Gasteiger partial charge in [0.2, 0.25) is 0 Å². The minimum absolute atomic E-state index is 0.129. The molecule has 2 unspecified atom stereocenters. The lowest BCUT2D eigenvalue weighted by Gasteiger charge is -2.44. The number of hydrogen-bond acceptors (Lipinski definition) is 6. The topological polar surface area (TPSA) is 77.1 Å². The van der Waals surface area contributed by atoms with Crippen LogP contribution < -0.4 is 10.1 Å². The standard InChI is InChI=1S/C21H30N2O5/c1-21(2,3)28-20(25)22-18(15-5-7-16(26-4)8-6-15)19(24)27-17-13-23-11-9-14(17)10-12-23/h5-8,14,17-18H,9-13H2,1-4H3,(H,22,25). The van der Waals surface area contributed by atoms with Crippen molar-refractivity contribution in [2.24, 2.45) is 5.92 Å². The molecule has 1 aromatic carbocycles. The number of benzene rings is 1. The van der Waals surface area contributed by atoms with Gasteiger partial charge in [-0.15, -0.1) is 0 Å². The van der Waals surface area contributed by atoms with E-state index >= 15 is 0 Å². The summed E-state index contributed by atoms with van der Waals surface area (Å²) in [4.78, 5) is 27.6. The summed E-state index contributed by atoms with van der Waals surface area (Å²) < 4.78 is 16.4. The van der Waals surface area contributed by atoms with E-state index in [9.17, 15) is 9.59 Å². The number of methoxy groups -OCH3 is 1. The van der Waals surface area contributed by atoms with Crippen molar-refractivity contribution in [1.82, 2.24) is 10.2 Å². The van der Waals surface area contributed by atoms with Gasteiger partial charge >= 0.3 is 12.1 Å². The number of nitrogens with zero attached hydrogens (tertiary/aromatic N) is 1. The maximum absolute atomic E-state index is 13.0. The van der Waals surface area contributed by atoms with Crippen LogP contribution in [0.25, 0.3) is 0 Å². The smallest absolute Gasteiger partial charge is 0.408 e. The van der Waals surface area contributed by atoms with Crippen LogP contribution in [0, 0.1) is 5.92 Å². The molecule has 3 aliphatic rings. The Morgan fingerprint density at radius 1 is 1.14 bits per heavy atom. The Labute approximate surface area is 166 Å². The van der Waals surface area contributed by atoms with Gasteiger partial charge in [0.25, 0.3) is 0 Å². The highest BCUT2D eigenvalue weighted by Crippen LogP contribution is 2.31. The van der Waals surface area contributed by atoms with Gasteiger partial charge in [-0.3, -0.25) is 4.90 Å². The van der Waals surface area contributed by atoms with Gasteiger partial charge < -0.3 is 19.5 Å². The van der Waals surface area contributed by atoms with E-state index in [1.807, 2.05) is 0 Å². The summed E-state index contributed by atoms with van der Waals surface area (Å²) >= 11 is 0. The highest BCUT2D eigenvalue weighted by Gasteiger charge is 2.38. The molecule has 28 heavy (non-hydrogen) atoms. The number of esters is 1. The molecule has 3 heterocycles. The first-order valence-corrected chi connectivity index (χ1v) is 9.81. The fraction of sp³-hybridized carbons (Fsp3) is 0.619. The Morgan fingerprint density at radius 2 is 1.79 bits per heavy atom. The Kier molecular flexibility index (Phi) is 6.13. The van der Waals surface area contributed by atoms with Gasteiger partial charge in [-0.2, -0.15) is 0 Å². The largest absolute Gasteiger partial charge is 0.497 e. The lowest BCUT2D eigenvalue weighted by atomic mass is 9.86. The van der Waals surface area contributed by atoms with Gasteiger partial charge in [0.05, 0.1) is 7.11 Å². The minimum Gasteiger partial charge on any atom is -0.497 e. The van der Waals surface area contributed by atoms with E-state index in [1.54, 1.807) is 52.1 Å². The summed E-state index contributed by atoms with van der Waals surface area (Å²) in [5, 5.41) is 2.67. The first-order valence-electron chi connectivity index (χ1n) is 9.81. The van der Waals surface area contributed by atoms with E-state index in [0.29, 0.717) is 17.2 Å². The number of piperidine rings is 3. The normalized spacial score (nSPS) is 24.9. The molecular formula is C21H30N2O5. The molecular weight excluding hydrogens is 360 g/mol. The van der Waals surface area contributed by atoms with Crippen LogP contribution in [0.15, 0.2) is 24.3 Å². The van der Waals surface area contributed by atoms with Crippen molar-refractivity contribution in [2.75, 3.05) is 26.7 Å². The Balaban J connectivity index is 1.74. The second-order valence-corrected chi connectivity index (χ2v) is 8.47. The van der Waals surface area contributed by atoms with E-state index in [-0.39, 0.29) is 6.10 Å². The van der Waals surface area contributed by atoms with Crippen LogP contribution >= 0.6 is 0 Å². The zero-order chi connectivity index (χ0) is 20.3. The summed E-state index contributed by atoms with van der Waals surface area (Å²) in [6.45, 7) is 8.23. The van der Waals surface area contributed by atoms with Gasteiger partial charge in [-0.05, 0) is 70.3 Å². The molecule has 4 rings (SSSR count). The van der Waals surface area contributed by atoms with E-state index in [0.717, 1.165) is 32.5 Å². The van der Waals surface area contributed by atoms with E-state index in [4.69, 9.17) is 14.2 Å². The van der Waals surface area contributed by atoms with E-state index < -0.39 is 23.7 Å². The summed E-state index contributed by atoms with van der Waals surface area (Å²) in [6, 6.07) is 6.06. The molecule has 1 N–H and O–H groups in total. The highest BCUT2D eigenvalue weighted by atomic mass is 16.6. The molecule has 0 saturated carbocycles. The van der Waals surface area contributed by atoms with Crippen molar-refractivity contribution in [3.05, 3.63) is 29.8 Å². The minimum atomic E-state index is -0.934. The zero-order valence-corrected chi connectivity index (χ0v) is 17.1. The number of carbonyl (C=O) groups is 2. The Morgan fingerprint density at radius 3 is 2.29 bits per heavy atom. The molecule has 0 aliphatic carbocycles. The molecule has 7 heteroatoms. The molecule has 7 nitrogen and oxygen atoms in total. The predicted octanol–water partition coefficient (Wildman–Crippen LogP) is 2.90. The molecule has 0 aromatic heterocycles. The second-order valence-electron chi connectivity index (χ2n) is 8.47. The van der Waals surface area contributed by atoms with Crippen molar-refractivity contribution in [2.45, 2.75) is 51.4 Å². The first-order chi connectivity index (χ1) is 13.2. The molecule has 3 fully saturated rings. The van der Waals surface area contributed by atoms with Crippen LogP contribution in [-0.2, 0) is 14.3 Å². The number of amides is 1. The fourth-order valence-corrected chi connectivity index (χ4v) is 3.76. The SMILES string of the molecule is COc1ccc(C(NC(=O)OC(C)(C)C)C(=O)OC2CN3CCC2CC3)cc1. The lowest BCUT2D eigenvalue weighted by Crippen LogP contribution is -2.52. The Hall–Kier alpha value is -2.28. The number of rotatable bonds is 5. The van der Waals surface area contributed by atoms with Crippen molar-refractivity contribution < 1.29 is 23.8 Å². The van der Waals surface area contributed by atoms with Gasteiger partial charge in [-0.25, -0.2) is 9.59 Å². The van der Waals surface area contributed by atoms with Crippen molar-refractivity contribution in [3.8, 4) is 5.75 Å². The average Bonchev–Trinajstić information content (AvgIpc) is 2.66. The maximum Gasteiger partial charge on any atom is 0.408 e. The van der Waals surface area contributed by atoms with E-state index in [2.05, 4.69) is 10.2 Å². The first kappa shape index (κ1) is 20.5. The monoisotopic (exact) mass is 390 g/mol. The maximum atomic E-state index is 13.0. The van der Waals surface area contributed by atoms with Crippen molar-refractivity contribution >= 4 is 12.1 Å². The number of carbonyl (C=O) groups excluding carboxylic acids is 2. The predicted molar refractivity (Wildman–Crippen MR) is 104 cm³/mol. The number of alkyl carbamates (subject to hydrolysis) is 1. The number of fused-ring (bicyclic) bond motifs is 3. The number of ether oxygens (including phenoxy) is 3. The summed E-state index contributed by atoms with van der Waals surface area (Å²) in [5.74, 6) is 0.604. The van der Waals surface area contributed by atoms with Gasteiger partial charge in [-0.1, -0.05) is 12.1 Å². The fourth-order valence-electron chi connectivity index (χ4n) is 3.76. The zero-order valence-electron chi connectivity index (χ0n) is 17.1. The van der Waals surface area contributed by atoms with Crippen LogP contribution in [0.5, 0.6) is 5.75 Å². The Bertz CT molecular complexity index is 690. The number of hydrogen-bond donors (Lipinski definition) is 1. The van der Waals surface area contributed by atoms with Crippen molar-refractivity contribution in [1.29, 1.82) is 0 Å². The third-order valence-corrected chi connectivity index (χ3v) is 5.21. The molecule has 1 aromatic rings. The van der Waals surface area contributed by atoms with Crippen molar-refractivity contribution in [3.63, 3.8) is 0 Å². The summed E-state index contributed by atoms with van der Waals surface area (Å²) in [6.07, 6.45) is 1.31. The van der Waals surface area contributed by atoms with Gasteiger partial charge in [0.1, 0.15) is 17.5 Å².